The lowest BCUT2D eigenvalue weighted by Gasteiger charge is -2.36. The van der Waals surface area contributed by atoms with Gasteiger partial charge in [-0.05, 0) is 20.8 Å². The molecule has 1 aliphatic heterocycles. The Morgan fingerprint density at radius 3 is 2.76 bits per heavy atom. The van der Waals surface area contributed by atoms with Crippen molar-refractivity contribution in [1.82, 2.24) is 14.7 Å². The Morgan fingerprint density at radius 2 is 2.18 bits per heavy atom. The van der Waals surface area contributed by atoms with Crippen LogP contribution in [0, 0.1) is 6.92 Å². The van der Waals surface area contributed by atoms with E-state index in [1.54, 1.807) is 4.68 Å². The second kappa shape index (κ2) is 4.66. The lowest BCUT2D eigenvalue weighted by molar-refractivity contribution is -0.0526. The van der Waals surface area contributed by atoms with Gasteiger partial charge in [-0.3, -0.25) is 9.58 Å². The predicted octanol–water partition coefficient (Wildman–Crippen LogP) is 0.920. The van der Waals surface area contributed by atoms with Crippen molar-refractivity contribution in [2.75, 3.05) is 18.9 Å². The Labute approximate surface area is 103 Å². The van der Waals surface area contributed by atoms with Crippen molar-refractivity contribution in [3.63, 3.8) is 0 Å². The summed E-state index contributed by atoms with van der Waals surface area (Å²) in [7, 11) is 1.89. The molecule has 1 fully saturated rings. The molecule has 5 heteroatoms. The molecule has 0 spiro atoms. The number of nitrogens with zero attached hydrogens (tertiary/aromatic N) is 3. The Morgan fingerprint density at radius 1 is 1.47 bits per heavy atom. The highest BCUT2D eigenvalue weighted by molar-refractivity contribution is 5.42. The first-order chi connectivity index (χ1) is 7.99. The summed E-state index contributed by atoms with van der Waals surface area (Å²) < 4.78 is 7.38. The number of aryl methyl sites for hydroxylation is 2. The molecule has 2 N–H and O–H groups in total. The minimum Gasteiger partial charge on any atom is -0.384 e. The molecule has 1 saturated heterocycles. The van der Waals surface area contributed by atoms with E-state index in [1.165, 1.54) is 0 Å². The lowest BCUT2D eigenvalue weighted by Crippen LogP contribution is -2.46. The molecule has 2 rings (SSSR count). The van der Waals surface area contributed by atoms with Gasteiger partial charge in [0.1, 0.15) is 5.82 Å². The summed E-state index contributed by atoms with van der Waals surface area (Å²) in [4.78, 5) is 2.41. The summed E-state index contributed by atoms with van der Waals surface area (Å²) in [6, 6.07) is 0.435. The van der Waals surface area contributed by atoms with E-state index < -0.39 is 0 Å². The van der Waals surface area contributed by atoms with Gasteiger partial charge in [-0.25, -0.2) is 0 Å². The number of aromatic nitrogens is 2. The molecular formula is C12H22N4O. The molecule has 2 heterocycles. The standard InChI is InChI=1S/C12H22N4O/c1-8-7-17-9(2)5-16(8)6-11-10(3)14-15(4)12(11)13/h8-9H,5-7,13H2,1-4H3. The van der Waals surface area contributed by atoms with E-state index in [0.717, 1.165) is 36.8 Å². The minimum atomic E-state index is 0.296. The number of rotatable bonds is 2. The van der Waals surface area contributed by atoms with Crippen LogP contribution >= 0.6 is 0 Å². The fourth-order valence-corrected chi connectivity index (χ4v) is 2.31. The molecule has 2 atom stereocenters. The zero-order valence-electron chi connectivity index (χ0n) is 11.1. The number of nitrogen functional groups attached to an aromatic ring is 1. The van der Waals surface area contributed by atoms with Crippen LogP contribution in [0.25, 0.3) is 0 Å². The van der Waals surface area contributed by atoms with Gasteiger partial charge in [-0.2, -0.15) is 5.10 Å². The van der Waals surface area contributed by atoms with Crippen molar-refractivity contribution in [3.8, 4) is 0 Å². The molecule has 0 amide bonds. The molecule has 0 aliphatic carbocycles. The average molecular weight is 238 g/mol. The number of hydrogen-bond acceptors (Lipinski definition) is 4. The zero-order chi connectivity index (χ0) is 12.6. The molecular weight excluding hydrogens is 216 g/mol. The monoisotopic (exact) mass is 238 g/mol. The molecule has 0 radical (unpaired) electrons. The van der Waals surface area contributed by atoms with Gasteiger partial charge in [-0.15, -0.1) is 0 Å². The van der Waals surface area contributed by atoms with Crippen LogP contribution in [0.1, 0.15) is 25.1 Å². The van der Waals surface area contributed by atoms with Crippen molar-refractivity contribution in [2.24, 2.45) is 7.05 Å². The Kier molecular flexibility index (Phi) is 3.40. The SMILES string of the molecule is Cc1nn(C)c(N)c1CN1CC(C)OCC1C. The van der Waals surface area contributed by atoms with Gasteiger partial charge >= 0.3 is 0 Å². The third-order valence-corrected chi connectivity index (χ3v) is 3.49. The highest BCUT2D eigenvalue weighted by atomic mass is 16.5. The zero-order valence-corrected chi connectivity index (χ0v) is 11.1. The normalized spacial score (nSPS) is 26.4. The predicted molar refractivity (Wildman–Crippen MR) is 67.6 cm³/mol. The van der Waals surface area contributed by atoms with E-state index in [1.807, 2.05) is 14.0 Å². The minimum absolute atomic E-state index is 0.296. The van der Waals surface area contributed by atoms with Crippen molar-refractivity contribution >= 4 is 5.82 Å². The molecule has 17 heavy (non-hydrogen) atoms. The Bertz CT molecular complexity index is 401. The van der Waals surface area contributed by atoms with E-state index in [2.05, 4.69) is 23.8 Å². The molecule has 0 aromatic carbocycles. The Hall–Kier alpha value is -1.07. The van der Waals surface area contributed by atoms with Crippen LogP contribution in [0.15, 0.2) is 0 Å². The molecule has 0 bridgehead atoms. The van der Waals surface area contributed by atoms with E-state index >= 15 is 0 Å². The molecule has 1 aromatic rings. The largest absolute Gasteiger partial charge is 0.384 e. The first-order valence-corrected chi connectivity index (χ1v) is 6.12. The molecule has 1 aliphatic rings. The topological polar surface area (TPSA) is 56.3 Å². The molecule has 5 nitrogen and oxygen atoms in total. The van der Waals surface area contributed by atoms with Gasteiger partial charge < -0.3 is 10.5 Å². The van der Waals surface area contributed by atoms with Gasteiger partial charge in [0.15, 0.2) is 0 Å². The molecule has 1 aromatic heterocycles. The van der Waals surface area contributed by atoms with E-state index in [0.29, 0.717) is 12.1 Å². The van der Waals surface area contributed by atoms with Gasteiger partial charge in [0.2, 0.25) is 0 Å². The maximum atomic E-state index is 6.04. The van der Waals surface area contributed by atoms with Crippen molar-refractivity contribution in [2.45, 2.75) is 39.5 Å². The van der Waals surface area contributed by atoms with Crippen LogP contribution in [0.3, 0.4) is 0 Å². The first kappa shape index (κ1) is 12.4. The third kappa shape index (κ3) is 2.45. The summed E-state index contributed by atoms with van der Waals surface area (Å²) in [5.41, 5.74) is 8.21. The maximum absolute atomic E-state index is 6.04. The second-order valence-corrected chi connectivity index (χ2v) is 5.00. The van der Waals surface area contributed by atoms with Crippen LogP contribution in [-0.4, -0.2) is 40.0 Å². The molecule has 96 valence electrons. The lowest BCUT2D eigenvalue weighted by atomic mass is 10.1. The van der Waals surface area contributed by atoms with E-state index in [-0.39, 0.29) is 0 Å². The van der Waals surface area contributed by atoms with Gasteiger partial charge in [0, 0.05) is 31.7 Å². The average Bonchev–Trinajstić information content (AvgIpc) is 2.50. The number of anilines is 1. The van der Waals surface area contributed by atoms with Crippen LogP contribution < -0.4 is 5.73 Å². The quantitative estimate of drug-likeness (QED) is 0.832. The summed E-state index contributed by atoms with van der Waals surface area (Å²) in [5, 5.41) is 4.35. The number of nitrogens with two attached hydrogens (primary N) is 1. The van der Waals surface area contributed by atoms with E-state index in [4.69, 9.17) is 10.5 Å². The van der Waals surface area contributed by atoms with Crippen LogP contribution in [0.4, 0.5) is 5.82 Å². The molecule has 2 unspecified atom stereocenters. The first-order valence-electron chi connectivity index (χ1n) is 6.12. The summed E-state index contributed by atoms with van der Waals surface area (Å²) >= 11 is 0. The third-order valence-electron chi connectivity index (χ3n) is 3.49. The maximum Gasteiger partial charge on any atom is 0.126 e. The van der Waals surface area contributed by atoms with Crippen molar-refractivity contribution in [1.29, 1.82) is 0 Å². The van der Waals surface area contributed by atoms with Crippen LogP contribution in [0.5, 0.6) is 0 Å². The fourth-order valence-electron chi connectivity index (χ4n) is 2.31. The number of ether oxygens (including phenoxy) is 1. The van der Waals surface area contributed by atoms with Crippen LogP contribution in [-0.2, 0) is 18.3 Å². The smallest absolute Gasteiger partial charge is 0.126 e. The van der Waals surface area contributed by atoms with Crippen molar-refractivity contribution in [3.05, 3.63) is 11.3 Å². The van der Waals surface area contributed by atoms with Gasteiger partial charge in [0.25, 0.3) is 0 Å². The fraction of sp³-hybridized carbons (Fsp3) is 0.750. The van der Waals surface area contributed by atoms with Gasteiger partial charge in [0.05, 0.1) is 18.4 Å². The Balaban J connectivity index is 2.14. The highest BCUT2D eigenvalue weighted by Gasteiger charge is 2.25. The van der Waals surface area contributed by atoms with Crippen LogP contribution in [0.2, 0.25) is 0 Å². The second-order valence-electron chi connectivity index (χ2n) is 5.00. The summed E-state index contributed by atoms with van der Waals surface area (Å²) in [5.74, 6) is 0.772. The van der Waals surface area contributed by atoms with Gasteiger partial charge in [-0.1, -0.05) is 0 Å². The number of morpholine rings is 1. The van der Waals surface area contributed by atoms with E-state index in [9.17, 15) is 0 Å². The number of hydrogen-bond donors (Lipinski definition) is 1. The highest BCUT2D eigenvalue weighted by Crippen LogP contribution is 2.21. The van der Waals surface area contributed by atoms with Crippen molar-refractivity contribution < 1.29 is 4.74 Å². The summed E-state index contributed by atoms with van der Waals surface area (Å²) in [6.45, 7) is 8.92. The molecule has 0 saturated carbocycles. The summed E-state index contributed by atoms with van der Waals surface area (Å²) in [6.07, 6.45) is 0.296.